The molecular weight excluding hydrogens is 264 g/mol. The third-order valence-corrected chi connectivity index (χ3v) is 3.45. The molecule has 1 N–H and O–H groups in total. The van der Waals surface area contributed by atoms with Crippen molar-refractivity contribution in [2.24, 2.45) is 0 Å². The van der Waals surface area contributed by atoms with Gasteiger partial charge in [0.25, 0.3) is 0 Å². The molecule has 1 aliphatic carbocycles. The first-order valence-electron chi connectivity index (χ1n) is 6.44. The van der Waals surface area contributed by atoms with E-state index in [1.165, 1.54) is 0 Å². The van der Waals surface area contributed by atoms with Crippen LogP contribution in [0.1, 0.15) is 45.6 Å². The predicted octanol–water partition coefficient (Wildman–Crippen LogP) is 3.64. The van der Waals surface area contributed by atoms with E-state index in [1.807, 2.05) is 26.8 Å². The first-order valence-corrected chi connectivity index (χ1v) is 6.82. The molecule has 1 aromatic heterocycles. The van der Waals surface area contributed by atoms with Crippen molar-refractivity contribution in [1.29, 1.82) is 0 Å². The minimum Gasteiger partial charge on any atom is -0.444 e. The predicted molar refractivity (Wildman–Crippen MR) is 74.1 cm³/mol. The van der Waals surface area contributed by atoms with Gasteiger partial charge >= 0.3 is 6.09 Å². The Hall–Kier alpha value is -1.29. The van der Waals surface area contributed by atoms with Gasteiger partial charge in [-0.25, -0.2) is 9.78 Å². The lowest BCUT2D eigenvalue weighted by Crippen LogP contribution is -2.52. The molecule has 1 saturated carbocycles. The fraction of sp³-hybridized carbons (Fsp3) is 0.571. The van der Waals surface area contributed by atoms with Crippen molar-refractivity contribution in [2.45, 2.75) is 51.2 Å². The van der Waals surface area contributed by atoms with Crippen molar-refractivity contribution in [2.75, 3.05) is 0 Å². The summed E-state index contributed by atoms with van der Waals surface area (Å²) in [4.78, 5) is 16.0. The summed E-state index contributed by atoms with van der Waals surface area (Å²) in [5.41, 5.74) is 0.140. The van der Waals surface area contributed by atoms with Crippen molar-refractivity contribution in [3.05, 3.63) is 29.0 Å². The maximum Gasteiger partial charge on any atom is 0.408 e. The van der Waals surface area contributed by atoms with Gasteiger partial charge in [0, 0.05) is 6.20 Å². The molecule has 0 radical (unpaired) electrons. The van der Waals surface area contributed by atoms with Crippen LogP contribution >= 0.6 is 11.6 Å². The van der Waals surface area contributed by atoms with Crippen LogP contribution < -0.4 is 5.32 Å². The van der Waals surface area contributed by atoms with Crippen molar-refractivity contribution < 1.29 is 9.53 Å². The Morgan fingerprint density at radius 2 is 2.11 bits per heavy atom. The molecule has 0 unspecified atom stereocenters. The molecule has 0 atom stereocenters. The zero-order valence-corrected chi connectivity index (χ0v) is 12.3. The van der Waals surface area contributed by atoms with E-state index in [4.69, 9.17) is 16.3 Å². The topological polar surface area (TPSA) is 51.2 Å². The lowest BCUT2D eigenvalue weighted by molar-refractivity contribution is 0.0377. The number of halogens is 1. The Morgan fingerprint density at radius 3 is 2.53 bits per heavy atom. The molecule has 0 aromatic carbocycles. The van der Waals surface area contributed by atoms with E-state index in [0.29, 0.717) is 5.15 Å². The highest BCUT2D eigenvalue weighted by atomic mass is 35.5. The van der Waals surface area contributed by atoms with Crippen molar-refractivity contribution in [3.63, 3.8) is 0 Å². The van der Waals surface area contributed by atoms with E-state index in [-0.39, 0.29) is 11.6 Å². The lowest BCUT2D eigenvalue weighted by atomic mass is 9.72. The van der Waals surface area contributed by atoms with E-state index in [9.17, 15) is 4.79 Å². The molecular formula is C14H19ClN2O2. The van der Waals surface area contributed by atoms with Crippen LogP contribution in [0.25, 0.3) is 0 Å². The molecule has 5 heteroatoms. The van der Waals surface area contributed by atoms with Crippen LogP contribution in [0, 0.1) is 0 Å². The fourth-order valence-corrected chi connectivity index (χ4v) is 2.29. The normalized spacial score (nSPS) is 17.5. The number of hydrogen-bond acceptors (Lipinski definition) is 3. The van der Waals surface area contributed by atoms with Crippen molar-refractivity contribution in [1.82, 2.24) is 10.3 Å². The number of nitrogens with one attached hydrogen (secondary N) is 1. The minimum atomic E-state index is -0.493. The minimum absolute atomic E-state index is 0.347. The molecule has 1 heterocycles. The van der Waals surface area contributed by atoms with E-state index < -0.39 is 5.60 Å². The highest BCUT2D eigenvalue weighted by Gasteiger charge is 2.41. The van der Waals surface area contributed by atoms with Gasteiger partial charge in [0.05, 0.1) is 5.54 Å². The zero-order valence-electron chi connectivity index (χ0n) is 11.5. The van der Waals surface area contributed by atoms with Gasteiger partial charge in [-0.1, -0.05) is 17.7 Å². The molecule has 1 aliphatic rings. The molecule has 104 valence electrons. The number of aromatic nitrogens is 1. The summed E-state index contributed by atoms with van der Waals surface area (Å²) in [5, 5.41) is 3.43. The summed E-state index contributed by atoms with van der Waals surface area (Å²) in [5.74, 6) is 0. The van der Waals surface area contributed by atoms with Crippen molar-refractivity contribution >= 4 is 17.7 Å². The number of alkyl carbamates (subject to hydrolysis) is 1. The SMILES string of the molecule is CC(C)(C)OC(=O)NC1(c2ccc(Cl)nc2)CCC1. The number of carbonyl (C=O) groups is 1. The first-order chi connectivity index (χ1) is 8.81. The molecule has 4 nitrogen and oxygen atoms in total. The summed E-state index contributed by atoms with van der Waals surface area (Å²) in [6.45, 7) is 5.55. The summed E-state index contributed by atoms with van der Waals surface area (Å²) in [6.07, 6.45) is 4.21. The van der Waals surface area contributed by atoms with E-state index in [1.54, 1.807) is 12.3 Å². The quantitative estimate of drug-likeness (QED) is 0.843. The molecule has 1 aromatic rings. The second-order valence-electron chi connectivity index (χ2n) is 5.93. The van der Waals surface area contributed by atoms with Gasteiger partial charge in [-0.05, 0) is 51.7 Å². The second-order valence-corrected chi connectivity index (χ2v) is 6.32. The molecule has 19 heavy (non-hydrogen) atoms. The van der Waals surface area contributed by atoms with Crippen LogP contribution in [0.15, 0.2) is 18.3 Å². The van der Waals surface area contributed by atoms with Gasteiger partial charge in [-0.2, -0.15) is 0 Å². The summed E-state index contributed by atoms with van der Waals surface area (Å²) in [6, 6.07) is 3.65. The average molecular weight is 283 g/mol. The number of pyridine rings is 1. The van der Waals surface area contributed by atoms with E-state index >= 15 is 0 Å². The number of ether oxygens (including phenoxy) is 1. The standard InChI is InChI=1S/C14H19ClN2O2/c1-13(2,3)19-12(18)17-14(7-4-8-14)10-5-6-11(15)16-9-10/h5-6,9H,4,7-8H2,1-3H3,(H,17,18). The highest BCUT2D eigenvalue weighted by molar-refractivity contribution is 6.29. The Kier molecular flexibility index (Phi) is 3.72. The number of nitrogens with zero attached hydrogens (tertiary/aromatic N) is 1. The number of amides is 1. The third-order valence-electron chi connectivity index (χ3n) is 3.23. The van der Waals surface area contributed by atoms with Crippen LogP contribution in [0.3, 0.4) is 0 Å². The molecule has 2 rings (SSSR count). The first kappa shape index (κ1) is 14.1. The van der Waals surface area contributed by atoms with Gasteiger partial charge in [0.15, 0.2) is 0 Å². The van der Waals surface area contributed by atoms with Gasteiger partial charge in [0.2, 0.25) is 0 Å². The Balaban J connectivity index is 2.11. The molecule has 1 amide bonds. The van der Waals surface area contributed by atoms with Crippen molar-refractivity contribution in [3.8, 4) is 0 Å². The fourth-order valence-electron chi connectivity index (χ4n) is 2.17. The Labute approximate surface area is 118 Å². The number of carbonyl (C=O) groups excluding carboxylic acids is 1. The van der Waals surface area contributed by atoms with Crippen LogP contribution in [0.2, 0.25) is 5.15 Å². The third kappa shape index (κ3) is 3.38. The maximum absolute atomic E-state index is 11.9. The smallest absolute Gasteiger partial charge is 0.408 e. The lowest BCUT2D eigenvalue weighted by Gasteiger charge is -2.42. The van der Waals surface area contributed by atoms with Gasteiger partial charge in [0.1, 0.15) is 10.8 Å². The van der Waals surface area contributed by atoms with Crippen LogP contribution in [0.4, 0.5) is 4.79 Å². The summed E-state index contributed by atoms with van der Waals surface area (Å²) in [7, 11) is 0. The van der Waals surface area contributed by atoms with Crippen LogP contribution in [-0.4, -0.2) is 16.7 Å². The molecule has 0 aliphatic heterocycles. The van der Waals surface area contributed by atoms with Gasteiger partial charge < -0.3 is 10.1 Å². The summed E-state index contributed by atoms with van der Waals surface area (Å²) < 4.78 is 5.32. The molecule has 0 spiro atoms. The Bertz CT molecular complexity index is 461. The monoisotopic (exact) mass is 282 g/mol. The second kappa shape index (κ2) is 5.00. The number of hydrogen-bond donors (Lipinski definition) is 1. The van der Waals surface area contributed by atoms with Crippen LogP contribution in [-0.2, 0) is 10.3 Å². The number of rotatable bonds is 2. The molecule has 0 saturated heterocycles. The largest absolute Gasteiger partial charge is 0.444 e. The zero-order chi connectivity index (χ0) is 14.1. The highest BCUT2D eigenvalue weighted by Crippen LogP contribution is 2.41. The average Bonchev–Trinajstić information content (AvgIpc) is 2.22. The maximum atomic E-state index is 11.9. The molecule has 0 bridgehead atoms. The van der Waals surface area contributed by atoms with E-state index in [0.717, 1.165) is 24.8 Å². The summed E-state index contributed by atoms with van der Waals surface area (Å²) >= 11 is 5.79. The van der Waals surface area contributed by atoms with Crippen LogP contribution in [0.5, 0.6) is 0 Å². The van der Waals surface area contributed by atoms with Gasteiger partial charge in [-0.3, -0.25) is 0 Å². The molecule has 1 fully saturated rings. The van der Waals surface area contributed by atoms with Gasteiger partial charge in [-0.15, -0.1) is 0 Å². The Morgan fingerprint density at radius 1 is 1.42 bits per heavy atom. The van der Waals surface area contributed by atoms with E-state index in [2.05, 4.69) is 10.3 Å².